The average molecular weight is 225 g/mol. The molecule has 16 heavy (non-hydrogen) atoms. The van der Waals surface area contributed by atoms with Gasteiger partial charge in [0.2, 0.25) is 0 Å². The van der Waals surface area contributed by atoms with Crippen molar-refractivity contribution in [1.82, 2.24) is 0 Å². The first-order valence-electron chi connectivity index (χ1n) is 5.61. The van der Waals surface area contributed by atoms with E-state index in [1.165, 1.54) is 6.07 Å². The molecule has 1 rings (SSSR count). The zero-order valence-electron chi connectivity index (χ0n) is 10.2. The van der Waals surface area contributed by atoms with E-state index in [0.29, 0.717) is 13.0 Å². The minimum absolute atomic E-state index is 0.0806. The lowest BCUT2D eigenvalue weighted by molar-refractivity contribution is 0.0684. The predicted octanol–water partition coefficient (Wildman–Crippen LogP) is 2.43. The summed E-state index contributed by atoms with van der Waals surface area (Å²) in [5.74, 6) is -0.211. The molecule has 90 valence electrons. The molecule has 0 aliphatic rings. The lowest BCUT2D eigenvalue weighted by Crippen LogP contribution is -2.30. The minimum Gasteiger partial charge on any atom is -0.377 e. The van der Waals surface area contributed by atoms with Crippen LogP contribution in [0, 0.1) is 12.7 Å². The van der Waals surface area contributed by atoms with Crippen LogP contribution in [0.5, 0.6) is 0 Å². The molecule has 1 unspecified atom stereocenters. The number of hydrogen-bond acceptors (Lipinski definition) is 2. The summed E-state index contributed by atoms with van der Waals surface area (Å²) in [5, 5.41) is 0. The van der Waals surface area contributed by atoms with Crippen LogP contribution in [0.25, 0.3) is 0 Å². The van der Waals surface area contributed by atoms with E-state index in [4.69, 9.17) is 10.5 Å². The highest BCUT2D eigenvalue weighted by atomic mass is 19.1. The van der Waals surface area contributed by atoms with Gasteiger partial charge in [0, 0.05) is 6.04 Å². The van der Waals surface area contributed by atoms with E-state index < -0.39 is 0 Å². The molecule has 0 heterocycles. The average Bonchev–Trinajstić information content (AvgIpc) is 2.20. The summed E-state index contributed by atoms with van der Waals surface area (Å²) in [6.07, 6.45) is 0.829. The molecule has 0 amide bonds. The van der Waals surface area contributed by atoms with Gasteiger partial charge in [-0.1, -0.05) is 6.07 Å². The number of aryl methyl sites for hydroxylation is 1. The van der Waals surface area contributed by atoms with Crippen LogP contribution in [-0.4, -0.2) is 18.8 Å². The molecule has 0 spiro atoms. The second-order valence-electron chi connectivity index (χ2n) is 4.42. The Labute approximate surface area is 96.6 Å². The van der Waals surface area contributed by atoms with Crippen molar-refractivity contribution >= 4 is 0 Å². The fourth-order valence-corrected chi connectivity index (χ4v) is 1.52. The largest absolute Gasteiger partial charge is 0.377 e. The van der Waals surface area contributed by atoms with Crippen molar-refractivity contribution in [2.24, 2.45) is 5.73 Å². The van der Waals surface area contributed by atoms with Crippen LogP contribution in [0.2, 0.25) is 0 Å². The number of hydrogen-bond donors (Lipinski definition) is 1. The van der Waals surface area contributed by atoms with Crippen LogP contribution in [0.3, 0.4) is 0 Å². The Morgan fingerprint density at radius 3 is 2.69 bits per heavy atom. The normalized spacial score (nSPS) is 13.1. The van der Waals surface area contributed by atoms with Crippen molar-refractivity contribution < 1.29 is 9.13 Å². The summed E-state index contributed by atoms with van der Waals surface area (Å²) in [5.41, 5.74) is 7.95. The Bertz CT molecular complexity index is 339. The van der Waals surface area contributed by atoms with E-state index in [9.17, 15) is 4.39 Å². The highest BCUT2D eigenvalue weighted by Crippen LogP contribution is 2.12. The standard InChI is InChI=1S/C13H20FNO/c1-9(2)16-8-13(15)7-11-6-12(14)5-4-10(11)3/h4-6,9,13H,7-8,15H2,1-3H3. The second kappa shape index (κ2) is 5.97. The summed E-state index contributed by atoms with van der Waals surface area (Å²) in [7, 11) is 0. The molecule has 0 aliphatic heterocycles. The molecule has 3 heteroatoms. The lowest BCUT2D eigenvalue weighted by atomic mass is 10.0. The van der Waals surface area contributed by atoms with Gasteiger partial charge in [-0.2, -0.15) is 0 Å². The van der Waals surface area contributed by atoms with Gasteiger partial charge in [-0.05, 0) is 50.5 Å². The van der Waals surface area contributed by atoms with Crippen LogP contribution in [0.1, 0.15) is 25.0 Å². The van der Waals surface area contributed by atoms with E-state index in [2.05, 4.69) is 0 Å². The number of benzene rings is 1. The van der Waals surface area contributed by atoms with Gasteiger partial charge < -0.3 is 10.5 Å². The third kappa shape index (κ3) is 4.29. The quantitative estimate of drug-likeness (QED) is 0.835. The Kier molecular flexibility index (Phi) is 4.90. The van der Waals surface area contributed by atoms with Crippen molar-refractivity contribution in [3.05, 3.63) is 35.1 Å². The van der Waals surface area contributed by atoms with Gasteiger partial charge in [0.05, 0.1) is 12.7 Å². The molecule has 0 aromatic heterocycles. The summed E-state index contributed by atoms with van der Waals surface area (Å²) < 4.78 is 18.5. The zero-order valence-corrected chi connectivity index (χ0v) is 10.2. The van der Waals surface area contributed by atoms with Crippen LogP contribution in [0.15, 0.2) is 18.2 Å². The molecule has 2 nitrogen and oxygen atoms in total. The fourth-order valence-electron chi connectivity index (χ4n) is 1.52. The van der Waals surface area contributed by atoms with Gasteiger partial charge in [0.15, 0.2) is 0 Å². The molecule has 0 bridgehead atoms. The smallest absolute Gasteiger partial charge is 0.123 e. The molecule has 1 aromatic rings. The molecule has 0 radical (unpaired) electrons. The van der Waals surface area contributed by atoms with Gasteiger partial charge in [0.1, 0.15) is 5.82 Å². The first-order chi connectivity index (χ1) is 7.49. The van der Waals surface area contributed by atoms with Crippen molar-refractivity contribution in [3.8, 4) is 0 Å². The maximum Gasteiger partial charge on any atom is 0.123 e. The van der Waals surface area contributed by atoms with E-state index in [-0.39, 0.29) is 18.0 Å². The van der Waals surface area contributed by atoms with Gasteiger partial charge in [0.25, 0.3) is 0 Å². The van der Waals surface area contributed by atoms with Gasteiger partial charge in [-0.15, -0.1) is 0 Å². The third-order valence-electron chi connectivity index (χ3n) is 2.44. The number of nitrogens with two attached hydrogens (primary N) is 1. The van der Waals surface area contributed by atoms with Gasteiger partial charge >= 0.3 is 0 Å². The minimum atomic E-state index is -0.211. The van der Waals surface area contributed by atoms with Crippen LogP contribution in [-0.2, 0) is 11.2 Å². The summed E-state index contributed by atoms with van der Waals surface area (Å²) >= 11 is 0. The molecule has 0 saturated carbocycles. The Balaban J connectivity index is 2.55. The van der Waals surface area contributed by atoms with Crippen molar-refractivity contribution in [1.29, 1.82) is 0 Å². The molecule has 2 N–H and O–H groups in total. The molecule has 1 atom stereocenters. The van der Waals surface area contributed by atoms with E-state index in [1.807, 2.05) is 20.8 Å². The Morgan fingerprint density at radius 2 is 2.06 bits per heavy atom. The van der Waals surface area contributed by atoms with Gasteiger partial charge in [-0.25, -0.2) is 4.39 Å². The summed E-state index contributed by atoms with van der Waals surface area (Å²) in [6, 6.07) is 4.71. The number of halogens is 1. The second-order valence-corrected chi connectivity index (χ2v) is 4.42. The highest BCUT2D eigenvalue weighted by molar-refractivity contribution is 5.27. The van der Waals surface area contributed by atoms with Crippen LogP contribution in [0.4, 0.5) is 4.39 Å². The van der Waals surface area contributed by atoms with E-state index >= 15 is 0 Å². The van der Waals surface area contributed by atoms with Gasteiger partial charge in [-0.3, -0.25) is 0 Å². The Morgan fingerprint density at radius 1 is 1.38 bits per heavy atom. The molecule has 1 aromatic carbocycles. The molecular weight excluding hydrogens is 205 g/mol. The lowest BCUT2D eigenvalue weighted by Gasteiger charge is -2.15. The number of ether oxygens (including phenoxy) is 1. The predicted molar refractivity (Wildman–Crippen MR) is 63.9 cm³/mol. The highest BCUT2D eigenvalue weighted by Gasteiger charge is 2.08. The maximum absolute atomic E-state index is 13.0. The van der Waals surface area contributed by atoms with E-state index in [1.54, 1.807) is 12.1 Å². The summed E-state index contributed by atoms with van der Waals surface area (Å²) in [6.45, 7) is 6.42. The fraction of sp³-hybridized carbons (Fsp3) is 0.538. The van der Waals surface area contributed by atoms with Crippen molar-refractivity contribution in [2.45, 2.75) is 39.3 Å². The van der Waals surface area contributed by atoms with Crippen molar-refractivity contribution in [3.63, 3.8) is 0 Å². The third-order valence-corrected chi connectivity index (χ3v) is 2.44. The maximum atomic E-state index is 13.0. The monoisotopic (exact) mass is 225 g/mol. The first kappa shape index (κ1) is 13.1. The van der Waals surface area contributed by atoms with Crippen LogP contribution < -0.4 is 5.73 Å². The Hall–Kier alpha value is -0.930. The molecular formula is C13H20FNO. The molecule has 0 aliphatic carbocycles. The SMILES string of the molecule is Cc1ccc(F)cc1CC(N)COC(C)C. The van der Waals surface area contributed by atoms with E-state index in [0.717, 1.165) is 11.1 Å². The van der Waals surface area contributed by atoms with Crippen molar-refractivity contribution in [2.75, 3.05) is 6.61 Å². The molecule has 0 fully saturated rings. The van der Waals surface area contributed by atoms with Crippen LogP contribution >= 0.6 is 0 Å². The first-order valence-corrected chi connectivity index (χ1v) is 5.61. The number of rotatable bonds is 5. The topological polar surface area (TPSA) is 35.2 Å². The zero-order chi connectivity index (χ0) is 12.1. The molecule has 0 saturated heterocycles. The summed E-state index contributed by atoms with van der Waals surface area (Å²) in [4.78, 5) is 0.